The van der Waals surface area contributed by atoms with Crippen molar-refractivity contribution in [3.05, 3.63) is 23.8 Å². The van der Waals surface area contributed by atoms with Crippen LogP contribution in [0.3, 0.4) is 0 Å². The molecule has 0 aromatic heterocycles. The van der Waals surface area contributed by atoms with Crippen molar-refractivity contribution in [3.63, 3.8) is 0 Å². The van der Waals surface area contributed by atoms with Crippen LogP contribution in [0.1, 0.15) is 39.2 Å². The molecular weight excluding hydrogens is 214 g/mol. The van der Waals surface area contributed by atoms with Crippen LogP contribution in [0, 0.1) is 0 Å². The lowest BCUT2D eigenvalue weighted by Crippen LogP contribution is -2.38. The Kier molecular flexibility index (Phi) is 3.57. The van der Waals surface area contributed by atoms with Gasteiger partial charge in [0.05, 0.1) is 0 Å². The molecule has 1 heterocycles. The van der Waals surface area contributed by atoms with Gasteiger partial charge in [-0.05, 0) is 26.3 Å². The van der Waals surface area contributed by atoms with Gasteiger partial charge in [-0.3, -0.25) is 0 Å². The van der Waals surface area contributed by atoms with Crippen molar-refractivity contribution in [3.8, 4) is 11.5 Å². The van der Waals surface area contributed by atoms with E-state index in [-0.39, 0.29) is 5.54 Å². The summed E-state index contributed by atoms with van der Waals surface area (Å²) >= 11 is 0. The molecule has 0 saturated carbocycles. The second-order valence-electron chi connectivity index (χ2n) is 5.14. The molecule has 0 bridgehead atoms. The first-order valence-corrected chi connectivity index (χ1v) is 6.25. The third-order valence-electron chi connectivity index (χ3n) is 3.11. The molecule has 0 fully saturated rings. The van der Waals surface area contributed by atoms with E-state index in [4.69, 9.17) is 9.47 Å². The topological polar surface area (TPSA) is 30.5 Å². The summed E-state index contributed by atoms with van der Waals surface area (Å²) in [4.78, 5) is 0. The molecule has 0 saturated heterocycles. The number of fused-ring (bicyclic) bond motifs is 1. The summed E-state index contributed by atoms with van der Waals surface area (Å²) in [5.41, 5.74) is 1.33. The zero-order chi connectivity index (χ0) is 12.3. The zero-order valence-corrected chi connectivity index (χ0v) is 10.9. The summed E-state index contributed by atoms with van der Waals surface area (Å²) in [6.07, 6.45) is 2.35. The number of benzene rings is 1. The summed E-state index contributed by atoms with van der Waals surface area (Å²) in [5.74, 6) is 1.75. The van der Waals surface area contributed by atoms with Gasteiger partial charge in [0, 0.05) is 17.6 Å². The predicted octanol–water partition coefficient (Wildman–Crippen LogP) is 3.08. The van der Waals surface area contributed by atoms with Gasteiger partial charge in [-0.25, -0.2) is 0 Å². The number of nitrogens with one attached hydrogen (secondary N) is 1. The standard InChI is InChI=1S/C14H21NO2/c1-4-8-14(2,3)15-9-11-6-5-7-12-13(11)17-10-16-12/h5-7,15H,4,8-10H2,1-3H3. The van der Waals surface area contributed by atoms with Gasteiger partial charge < -0.3 is 14.8 Å². The fourth-order valence-corrected chi connectivity index (χ4v) is 2.18. The Hall–Kier alpha value is -1.22. The van der Waals surface area contributed by atoms with Crippen LogP contribution in [0.5, 0.6) is 11.5 Å². The van der Waals surface area contributed by atoms with Crippen LogP contribution in [0.15, 0.2) is 18.2 Å². The number of rotatable bonds is 5. The van der Waals surface area contributed by atoms with Gasteiger partial charge in [0.2, 0.25) is 6.79 Å². The maximum absolute atomic E-state index is 5.49. The quantitative estimate of drug-likeness (QED) is 0.850. The highest BCUT2D eigenvalue weighted by Gasteiger charge is 2.20. The van der Waals surface area contributed by atoms with Gasteiger partial charge in [0.25, 0.3) is 0 Å². The van der Waals surface area contributed by atoms with Crippen molar-refractivity contribution in [1.29, 1.82) is 0 Å². The van der Waals surface area contributed by atoms with Crippen molar-refractivity contribution in [2.45, 2.75) is 45.7 Å². The van der Waals surface area contributed by atoms with Gasteiger partial charge in [-0.2, -0.15) is 0 Å². The van der Waals surface area contributed by atoms with E-state index in [0.717, 1.165) is 18.0 Å². The van der Waals surface area contributed by atoms with Crippen LogP contribution in [-0.2, 0) is 6.54 Å². The van der Waals surface area contributed by atoms with Crippen LogP contribution in [-0.4, -0.2) is 12.3 Å². The first kappa shape index (κ1) is 12.2. The van der Waals surface area contributed by atoms with Gasteiger partial charge in [0.15, 0.2) is 11.5 Å². The smallest absolute Gasteiger partial charge is 0.231 e. The van der Waals surface area contributed by atoms with Gasteiger partial charge >= 0.3 is 0 Å². The Morgan fingerprint density at radius 1 is 1.29 bits per heavy atom. The first-order chi connectivity index (χ1) is 8.12. The molecule has 0 amide bonds. The molecule has 17 heavy (non-hydrogen) atoms. The Balaban J connectivity index is 2.02. The lowest BCUT2D eigenvalue weighted by Gasteiger charge is -2.26. The average Bonchev–Trinajstić information content (AvgIpc) is 2.74. The van der Waals surface area contributed by atoms with E-state index in [2.05, 4.69) is 32.2 Å². The van der Waals surface area contributed by atoms with Gasteiger partial charge in [0.1, 0.15) is 0 Å². The molecule has 1 aromatic rings. The number of ether oxygens (including phenoxy) is 2. The van der Waals surface area contributed by atoms with E-state index in [0.29, 0.717) is 6.79 Å². The molecule has 1 aliphatic rings. The average molecular weight is 235 g/mol. The minimum Gasteiger partial charge on any atom is -0.454 e. The number of para-hydroxylation sites is 1. The van der Waals surface area contributed by atoms with Crippen LogP contribution in [0.25, 0.3) is 0 Å². The van der Waals surface area contributed by atoms with Crippen molar-refractivity contribution in [1.82, 2.24) is 5.32 Å². The lowest BCUT2D eigenvalue weighted by atomic mass is 9.98. The summed E-state index contributed by atoms with van der Waals surface area (Å²) in [7, 11) is 0. The van der Waals surface area contributed by atoms with Crippen molar-refractivity contribution in [2.24, 2.45) is 0 Å². The second-order valence-corrected chi connectivity index (χ2v) is 5.14. The zero-order valence-electron chi connectivity index (χ0n) is 10.9. The van der Waals surface area contributed by atoms with Crippen molar-refractivity contribution >= 4 is 0 Å². The third kappa shape index (κ3) is 2.91. The molecule has 0 atom stereocenters. The highest BCUT2D eigenvalue weighted by molar-refractivity contribution is 5.48. The van der Waals surface area contributed by atoms with Crippen molar-refractivity contribution < 1.29 is 9.47 Å². The fraction of sp³-hybridized carbons (Fsp3) is 0.571. The summed E-state index contributed by atoms with van der Waals surface area (Å²) in [5, 5.41) is 3.57. The van der Waals surface area contributed by atoms with E-state index >= 15 is 0 Å². The molecule has 0 radical (unpaired) electrons. The van der Waals surface area contributed by atoms with Crippen molar-refractivity contribution in [2.75, 3.05) is 6.79 Å². The summed E-state index contributed by atoms with van der Waals surface area (Å²) in [6.45, 7) is 7.83. The van der Waals surface area contributed by atoms with Crippen LogP contribution in [0.2, 0.25) is 0 Å². The fourth-order valence-electron chi connectivity index (χ4n) is 2.18. The van der Waals surface area contributed by atoms with Crippen LogP contribution < -0.4 is 14.8 Å². The van der Waals surface area contributed by atoms with Crippen LogP contribution >= 0.6 is 0 Å². The molecule has 1 aliphatic heterocycles. The minimum atomic E-state index is 0.164. The van der Waals surface area contributed by atoms with E-state index in [1.165, 1.54) is 18.4 Å². The number of hydrogen-bond acceptors (Lipinski definition) is 3. The molecule has 3 heteroatoms. The Bertz CT molecular complexity index is 388. The molecule has 0 unspecified atom stereocenters. The highest BCUT2D eigenvalue weighted by atomic mass is 16.7. The normalized spacial score (nSPS) is 14.1. The highest BCUT2D eigenvalue weighted by Crippen LogP contribution is 2.35. The minimum absolute atomic E-state index is 0.164. The second kappa shape index (κ2) is 4.96. The monoisotopic (exact) mass is 235 g/mol. The third-order valence-corrected chi connectivity index (χ3v) is 3.11. The maximum atomic E-state index is 5.49. The molecule has 94 valence electrons. The molecule has 1 N–H and O–H groups in total. The van der Waals surface area contributed by atoms with Gasteiger partial charge in [-0.15, -0.1) is 0 Å². The van der Waals surface area contributed by atoms with E-state index in [1.54, 1.807) is 0 Å². The molecule has 3 nitrogen and oxygen atoms in total. The molecule has 0 aliphatic carbocycles. The maximum Gasteiger partial charge on any atom is 0.231 e. The Morgan fingerprint density at radius 2 is 2.12 bits per heavy atom. The lowest BCUT2D eigenvalue weighted by molar-refractivity contribution is 0.173. The molecule has 1 aromatic carbocycles. The predicted molar refractivity (Wildman–Crippen MR) is 68.4 cm³/mol. The SMILES string of the molecule is CCCC(C)(C)NCc1cccc2c1OCO2. The summed E-state index contributed by atoms with van der Waals surface area (Å²) < 4.78 is 10.9. The Morgan fingerprint density at radius 3 is 2.88 bits per heavy atom. The van der Waals surface area contributed by atoms with E-state index in [9.17, 15) is 0 Å². The van der Waals surface area contributed by atoms with E-state index < -0.39 is 0 Å². The molecular formula is C14H21NO2. The molecule has 0 spiro atoms. The van der Waals surface area contributed by atoms with Crippen LogP contribution in [0.4, 0.5) is 0 Å². The van der Waals surface area contributed by atoms with Gasteiger partial charge in [-0.1, -0.05) is 25.5 Å². The Labute approximate surface area is 103 Å². The number of hydrogen-bond donors (Lipinski definition) is 1. The molecule has 2 rings (SSSR count). The first-order valence-electron chi connectivity index (χ1n) is 6.25. The summed E-state index contributed by atoms with van der Waals surface area (Å²) in [6, 6.07) is 6.04. The van der Waals surface area contributed by atoms with E-state index in [1.807, 2.05) is 12.1 Å². The largest absolute Gasteiger partial charge is 0.454 e.